The molecular formula is C21H17ClN2OS. The summed E-state index contributed by atoms with van der Waals surface area (Å²) in [6, 6.07) is 14.3. The van der Waals surface area contributed by atoms with Crippen molar-refractivity contribution >= 4 is 28.8 Å². The second-order valence-corrected chi connectivity index (χ2v) is 8.00. The van der Waals surface area contributed by atoms with Crippen LogP contribution in [0.2, 0.25) is 4.34 Å². The van der Waals surface area contributed by atoms with Gasteiger partial charge in [-0.25, -0.2) is 0 Å². The quantitative estimate of drug-likeness (QED) is 0.590. The smallest absolute Gasteiger partial charge is 0.246 e. The van der Waals surface area contributed by atoms with Gasteiger partial charge in [-0.3, -0.25) is 9.78 Å². The molecule has 1 amide bonds. The summed E-state index contributed by atoms with van der Waals surface area (Å²) in [6.07, 6.45) is 5.02. The van der Waals surface area contributed by atoms with Crippen molar-refractivity contribution in [3.63, 3.8) is 0 Å². The first kappa shape index (κ1) is 17.0. The first-order valence-electron chi connectivity index (χ1n) is 8.36. The van der Waals surface area contributed by atoms with Gasteiger partial charge in [-0.05, 0) is 34.9 Å². The van der Waals surface area contributed by atoms with E-state index in [0.29, 0.717) is 13.1 Å². The Bertz CT molecular complexity index is 967. The van der Waals surface area contributed by atoms with Crippen molar-refractivity contribution in [2.75, 3.05) is 6.54 Å². The second-order valence-electron chi connectivity index (χ2n) is 6.23. The molecule has 3 nitrogen and oxygen atoms in total. The summed E-state index contributed by atoms with van der Waals surface area (Å²) in [5.41, 5.74) is 4.59. The number of carbonyl (C=O) groups is 1. The van der Waals surface area contributed by atoms with Crippen molar-refractivity contribution in [3.05, 3.63) is 87.9 Å². The summed E-state index contributed by atoms with van der Waals surface area (Å²) < 4.78 is 0.756. The van der Waals surface area contributed by atoms with Crippen LogP contribution in [0, 0.1) is 0 Å². The van der Waals surface area contributed by atoms with Crippen LogP contribution < -0.4 is 0 Å². The molecule has 1 aromatic carbocycles. The molecule has 0 radical (unpaired) electrons. The van der Waals surface area contributed by atoms with Crippen molar-refractivity contribution in [1.29, 1.82) is 0 Å². The van der Waals surface area contributed by atoms with E-state index in [0.717, 1.165) is 20.3 Å². The minimum absolute atomic E-state index is 0.0518. The average Bonchev–Trinajstić information content (AvgIpc) is 3.07. The molecule has 0 saturated heterocycles. The number of thiophene rings is 1. The Balaban J connectivity index is 1.84. The SMILES string of the molecule is C=CC(=O)N1Cc2sc(Cl)cc2[C@H](c2ccccc2-c2cccnc2)C1. The Hall–Kier alpha value is -2.43. The van der Waals surface area contributed by atoms with Gasteiger partial charge in [-0.2, -0.15) is 0 Å². The fraction of sp³-hybridized carbons (Fsp3) is 0.143. The van der Waals surface area contributed by atoms with Gasteiger partial charge in [0.1, 0.15) is 0 Å². The van der Waals surface area contributed by atoms with Gasteiger partial charge in [-0.15, -0.1) is 11.3 Å². The second kappa shape index (κ2) is 7.06. The monoisotopic (exact) mass is 380 g/mol. The highest BCUT2D eigenvalue weighted by Gasteiger charge is 2.31. The number of halogens is 1. The predicted octanol–water partition coefficient (Wildman–Crippen LogP) is 5.12. The molecule has 0 unspecified atom stereocenters. The molecule has 5 heteroatoms. The fourth-order valence-corrected chi connectivity index (χ4v) is 4.89. The highest BCUT2D eigenvalue weighted by atomic mass is 35.5. The van der Waals surface area contributed by atoms with Crippen molar-refractivity contribution in [3.8, 4) is 11.1 Å². The molecule has 3 heterocycles. The summed E-state index contributed by atoms with van der Waals surface area (Å²) in [5, 5.41) is 0. The maximum atomic E-state index is 12.3. The number of aromatic nitrogens is 1. The van der Waals surface area contributed by atoms with E-state index in [1.165, 1.54) is 17.2 Å². The molecule has 0 fully saturated rings. The molecule has 3 aromatic rings. The van der Waals surface area contributed by atoms with E-state index in [4.69, 9.17) is 11.6 Å². The van der Waals surface area contributed by atoms with E-state index < -0.39 is 0 Å². The van der Waals surface area contributed by atoms with Crippen LogP contribution in [0.25, 0.3) is 11.1 Å². The molecule has 0 bridgehead atoms. The van der Waals surface area contributed by atoms with Crippen molar-refractivity contribution < 1.29 is 4.79 Å². The van der Waals surface area contributed by atoms with Gasteiger partial charge in [0.2, 0.25) is 5.91 Å². The van der Waals surface area contributed by atoms with Crippen molar-refractivity contribution in [2.45, 2.75) is 12.5 Å². The number of hydrogen-bond donors (Lipinski definition) is 0. The Morgan fingerprint density at radius 1 is 1.27 bits per heavy atom. The van der Waals surface area contributed by atoms with Crippen LogP contribution in [0.3, 0.4) is 0 Å². The summed E-state index contributed by atoms with van der Waals surface area (Å²) in [7, 11) is 0. The maximum Gasteiger partial charge on any atom is 0.246 e. The van der Waals surface area contributed by atoms with Crippen LogP contribution in [-0.2, 0) is 11.3 Å². The lowest BCUT2D eigenvalue weighted by Gasteiger charge is -2.33. The first-order valence-corrected chi connectivity index (χ1v) is 9.55. The number of rotatable bonds is 3. The lowest BCUT2D eigenvalue weighted by atomic mass is 9.84. The molecular weight excluding hydrogens is 364 g/mol. The standard InChI is InChI=1S/C21H17ClN2OS/c1-2-21(25)24-12-18(17-10-20(22)26-19(17)13-24)16-8-4-3-7-15(16)14-6-5-9-23-11-14/h2-11,18H,1,12-13H2/t18-/m0/s1. The van der Waals surface area contributed by atoms with Crippen LogP contribution >= 0.6 is 22.9 Å². The number of hydrogen-bond acceptors (Lipinski definition) is 3. The largest absolute Gasteiger partial charge is 0.333 e. The number of amides is 1. The van der Waals surface area contributed by atoms with E-state index in [1.807, 2.05) is 35.4 Å². The van der Waals surface area contributed by atoms with Gasteiger partial charge < -0.3 is 4.90 Å². The first-order chi connectivity index (χ1) is 12.7. The van der Waals surface area contributed by atoms with Crippen LogP contribution in [0.1, 0.15) is 21.9 Å². The summed E-state index contributed by atoms with van der Waals surface area (Å²) >= 11 is 7.85. The highest BCUT2D eigenvalue weighted by Crippen LogP contribution is 2.42. The summed E-state index contributed by atoms with van der Waals surface area (Å²) in [4.78, 5) is 19.5. The van der Waals surface area contributed by atoms with Gasteiger partial charge in [-0.1, -0.05) is 48.5 Å². The molecule has 0 N–H and O–H groups in total. The third-order valence-corrected chi connectivity index (χ3v) is 5.98. The van der Waals surface area contributed by atoms with E-state index in [1.54, 1.807) is 17.5 Å². The van der Waals surface area contributed by atoms with Crippen LogP contribution in [0.15, 0.2) is 67.5 Å². The Morgan fingerprint density at radius 3 is 2.88 bits per heavy atom. The van der Waals surface area contributed by atoms with Gasteiger partial charge in [0, 0.05) is 35.3 Å². The molecule has 0 spiro atoms. The molecule has 130 valence electrons. The maximum absolute atomic E-state index is 12.3. The van der Waals surface area contributed by atoms with E-state index in [2.05, 4.69) is 29.8 Å². The molecule has 26 heavy (non-hydrogen) atoms. The molecule has 2 aromatic heterocycles. The fourth-order valence-electron chi connectivity index (χ4n) is 3.53. The van der Waals surface area contributed by atoms with Crippen LogP contribution in [-0.4, -0.2) is 22.3 Å². The number of fused-ring (bicyclic) bond motifs is 1. The number of benzene rings is 1. The zero-order valence-electron chi connectivity index (χ0n) is 14.1. The molecule has 1 aliphatic heterocycles. The molecule has 1 atom stereocenters. The summed E-state index contributed by atoms with van der Waals surface area (Å²) in [5.74, 6) is 0.0202. The van der Waals surface area contributed by atoms with E-state index in [-0.39, 0.29) is 11.8 Å². The normalized spacial score (nSPS) is 16.2. The Kier molecular flexibility index (Phi) is 4.62. The zero-order valence-corrected chi connectivity index (χ0v) is 15.6. The Labute approximate surface area is 161 Å². The minimum Gasteiger partial charge on any atom is -0.333 e. The molecule has 0 saturated carbocycles. The third kappa shape index (κ3) is 3.06. The predicted molar refractivity (Wildman–Crippen MR) is 106 cm³/mol. The van der Waals surface area contributed by atoms with Gasteiger partial charge >= 0.3 is 0 Å². The van der Waals surface area contributed by atoms with Crippen molar-refractivity contribution in [2.24, 2.45) is 0 Å². The lowest BCUT2D eigenvalue weighted by molar-refractivity contribution is -0.127. The number of pyridine rings is 1. The van der Waals surface area contributed by atoms with Crippen molar-refractivity contribution in [1.82, 2.24) is 9.88 Å². The van der Waals surface area contributed by atoms with Crippen LogP contribution in [0.5, 0.6) is 0 Å². The van der Waals surface area contributed by atoms with Gasteiger partial charge in [0.15, 0.2) is 0 Å². The molecule has 4 rings (SSSR count). The van der Waals surface area contributed by atoms with E-state index >= 15 is 0 Å². The molecule has 0 aliphatic carbocycles. The third-order valence-electron chi connectivity index (χ3n) is 4.72. The van der Waals surface area contributed by atoms with E-state index in [9.17, 15) is 4.79 Å². The topological polar surface area (TPSA) is 33.2 Å². The minimum atomic E-state index is -0.0518. The zero-order chi connectivity index (χ0) is 18.1. The Morgan fingerprint density at radius 2 is 2.12 bits per heavy atom. The molecule has 1 aliphatic rings. The number of carbonyl (C=O) groups excluding carboxylic acids is 1. The summed E-state index contributed by atoms with van der Waals surface area (Å²) in [6.45, 7) is 4.84. The lowest BCUT2D eigenvalue weighted by Crippen LogP contribution is -2.37. The number of nitrogens with zero attached hydrogens (tertiary/aromatic N) is 2. The van der Waals surface area contributed by atoms with Gasteiger partial charge in [0.25, 0.3) is 0 Å². The average molecular weight is 381 g/mol. The van der Waals surface area contributed by atoms with Gasteiger partial charge in [0.05, 0.1) is 10.9 Å². The van der Waals surface area contributed by atoms with Crippen LogP contribution in [0.4, 0.5) is 0 Å². The highest BCUT2D eigenvalue weighted by molar-refractivity contribution is 7.16.